The van der Waals surface area contributed by atoms with Crippen LogP contribution in [0.15, 0.2) is 0 Å². The molecule has 0 aromatic heterocycles. The maximum Gasteiger partial charge on any atom is 0.318 e. The molecule has 112 valence electrons. The maximum atomic E-state index is 12.7. The molecule has 0 aromatic rings. The van der Waals surface area contributed by atoms with E-state index < -0.39 is 0 Å². The quantitative estimate of drug-likeness (QED) is 0.780. The predicted molar refractivity (Wildman–Crippen MR) is 79.5 cm³/mol. The van der Waals surface area contributed by atoms with Crippen LogP contribution in [-0.4, -0.2) is 29.1 Å². The Labute approximate surface area is 122 Å². The number of rotatable bonds is 1. The molecule has 5 fully saturated rings. The SMILES string of the molecule is C[C@@H]1CCCCN1C(=O)NC12CC3CC(CC(C3)C1)C2. The molecule has 0 aromatic carbocycles. The first kappa shape index (κ1) is 13.0. The van der Waals surface area contributed by atoms with Crippen LogP contribution in [0.4, 0.5) is 4.79 Å². The van der Waals surface area contributed by atoms with Crippen molar-refractivity contribution in [1.29, 1.82) is 0 Å². The zero-order valence-electron chi connectivity index (χ0n) is 12.7. The molecule has 1 saturated heterocycles. The second kappa shape index (κ2) is 4.64. The van der Waals surface area contributed by atoms with Gasteiger partial charge in [0, 0.05) is 18.1 Å². The molecule has 5 aliphatic rings. The average molecular weight is 276 g/mol. The Morgan fingerprint density at radius 2 is 1.65 bits per heavy atom. The van der Waals surface area contributed by atoms with Gasteiger partial charge in [0.25, 0.3) is 0 Å². The molecule has 2 amide bonds. The summed E-state index contributed by atoms with van der Waals surface area (Å²) in [6.45, 7) is 3.16. The van der Waals surface area contributed by atoms with Crippen LogP contribution in [0.5, 0.6) is 0 Å². The normalized spacial score (nSPS) is 46.5. The minimum Gasteiger partial charge on any atom is -0.333 e. The monoisotopic (exact) mass is 276 g/mol. The number of nitrogens with one attached hydrogen (secondary N) is 1. The second-order valence-electron chi connectivity index (χ2n) is 8.17. The van der Waals surface area contributed by atoms with E-state index in [9.17, 15) is 4.79 Å². The van der Waals surface area contributed by atoms with Crippen molar-refractivity contribution < 1.29 is 4.79 Å². The highest BCUT2D eigenvalue weighted by Crippen LogP contribution is 2.55. The Hall–Kier alpha value is -0.730. The van der Waals surface area contributed by atoms with Crippen LogP contribution in [-0.2, 0) is 0 Å². The summed E-state index contributed by atoms with van der Waals surface area (Å²) in [4.78, 5) is 14.8. The number of amides is 2. The van der Waals surface area contributed by atoms with Crippen molar-refractivity contribution >= 4 is 6.03 Å². The van der Waals surface area contributed by atoms with Crippen molar-refractivity contribution in [1.82, 2.24) is 10.2 Å². The molecule has 0 radical (unpaired) electrons. The van der Waals surface area contributed by atoms with Crippen LogP contribution in [0.25, 0.3) is 0 Å². The molecule has 0 unspecified atom stereocenters. The first-order chi connectivity index (χ1) is 9.63. The lowest BCUT2D eigenvalue weighted by molar-refractivity contribution is -0.0167. The topological polar surface area (TPSA) is 32.3 Å². The summed E-state index contributed by atoms with van der Waals surface area (Å²) in [5.74, 6) is 2.71. The van der Waals surface area contributed by atoms with E-state index in [4.69, 9.17) is 0 Å². The fraction of sp³-hybridized carbons (Fsp3) is 0.941. The van der Waals surface area contributed by atoms with Crippen molar-refractivity contribution in [2.24, 2.45) is 17.8 Å². The van der Waals surface area contributed by atoms with E-state index in [1.165, 1.54) is 57.8 Å². The largest absolute Gasteiger partial charge is 0.333 e. The van der Waals surface area contributed by atoms with Gasteiger partial charge in [0.2, 0.25) is 0 Å². The summed E-state index contributed by atoms with van der Waals surface area (Å²) in [7, 11) is 0. The molecule has 20 heavy (non-hydrogen) atoms. The summed E-state index contributed by atoms with van der Waals surface area (Å²) >= 11 is 0. The highest BCUT2D eigenvalue weighted by atomic mass is 16.2. The molecule has 4 saturated carbocycles. The summed E-state index contributed by atoms with van der Waals surface area (Å²) in [6, 6.07) is 0.664. The van der Waals surface area contributed by atoms with E-state index in [2.05, 4.69) is 17.1 Å². The number of carbonyl (C=O) groups is 1. The summed E-state index contributed by atoms with van der Waals surface area (Å²) in [6.07, 6.45) is 11.7. The van der Waals surface area contributed by atoms with E-state index >= 15 is 0 Å². The van der Waals surface area contributed by atoms with E-state index in [0.717, 1.165) is 24.3 Å². The van der Waals surface area contributed by atoms with Gasteiger partial charge in [0.05, 0.1) is 0 Å². The van der Waals surface area contributed by atoms with Gasteiger partial charge in [-0.05, 0) is 82.5 Å². The lowest BCUT2D eigenvalue weighted by Crippen LogP contribution is -2.62. The number of carbonyl (C=O) groups excluding carboxylic acids is 1. The standard InChI is InChI=1S/C17H28N2O/c1-12-4-2-3-5-19(12)16(20)18-17-9-13-6-14(10-17)8-15(7-13)11-17/h12-15H,2-11H2,1H3,(H,18,20)/t12-,13?,14?,15?,17?/m1/s1. The van der Waals surface area contributed by atoms with Crippen LogP contribution in [0.3, 0.4) is 0 Å². The smallest absolute Gasteiger partial charge is 0.318 e. The van der Waals surface area contributed by atoms with Gasteiger partial charge < -0.3 is 10.2 Å². The molecule has 4 bridgehead atoms. The fourth-order valence-corrected chi connectivity index (χ4v) is 5.96. The molecular formula is C17H28N2O. The van der Waals surface area contributed by atoms with Crippen LogP contribution in [0.1, 0.15) is 64.7 Å². The van der Waals surface area contributed by atoms with E-state index in [1.54, 1.807) is 0 Å². The van der Waals surface area contributed by atoms with Gasteiger partial charge >= 0.3 is 6.03 Å². The zero-order valence-corrected chi connectivity index (χ0v) is 12.7. The Balaban J connectivity index is 1.47. The third kappa shape index (κ3) is 2.14. The Kier molecular flexibility index (Phi) is 3.01. The molecule has 1 N–H and O–H groups in total. The Morgan fingerprint density at radius 3 is 2.20 bits per heavy atom. The lowest BCUT2D eigenvalue weighted by atomic mass is 9.53. The molecule has 5 rings (SSSR count). The van der Waals surface area contributed by atoms with E-state index in [1.807, 2.05) is 0 Å². The Bertz CT molecular complexity index is 371. The minimum atomic E-state index is 0.170. The van der Waals surface area contributed by atoms with Crippen molar-refractivity contribution in [2.75, 3.05) is 6.54 Å². The number of urea groups is 1. The van der Waals surface area contributed by atoms with Gasteiger partial charge in [0.1, 0.15) is 0 Å². The van der Waals surface area contributed by atoms with E-state index in [-0.39, 0.29) is 11.6 Å². The zero-order chi connectivity index (χ0) is 13.7. The average Bonchev–Trinajstić information content (AvgIpc) is 2.36. The number of piperidine rings is 1. The van der Waals surface area contributed by atoms with E-state index in [0.29, 0.717) is 6.04 Å². The van der Waals surface area contributed by atoms with Crippen molar-refractivity contribution in [2.45, 2.75) is 76.3 Å². The van der Waals surface area contributed by atoms with Gasteiger partial charge in [-0.1, -0.05) is 0 Å². The molecular weight excluding hydrogens is 248 g/mol. The van der Waals surface area contributed by atoms with Gasteiger partial charge in [-0.2, -0.15) is 0 Å². The highest BCUT2D eigenvalue weighted by Gasteiger charge is 2.51. The molecule has 0 spiro atoms. The summed E-state index contributed by atoms with van der Waals surface area (Å²) < 4.78 is 0. The summed E-state index contributed by atoms with van der Waals surface area (Å²) in [5, 5.41) is 3.51. The molecule has 4 aliphatic carbocycles. The molecule has 3 heteroatoms. The highest BCUT2D eigenvalue weighted by molar-refractivity contribution is 5.75. The maximum absolute atomic E-state index is 12.7. The van der Waals surface area contributed by atoms with Crippen LogP contribution in [0.2, 0.25) is 0 Å². The molecule has 1 heterocycles. The first-order valence-corrected chi connectivity index (χ1v) is 8.72. The minimum absolute atomic E-state index is 0.170. The van der Waals surface area contributed by atoms with Crippen LogP contribution < -0.4 is 5.32 Å². The second-order valence-corrected chi connectivity index (χ2v) is 8.17. The predicted octanol–water partition coefficient (Wildman–Crippen LogP) is 3.54. The van der Waals surface area contributed by atoms with Gasteiger partial charge in [-0.15, -0.1) is 0 Å². The number of hydrogen-bond acceptors (Lipinski definition) is 1. The molecule has 1 atom stereocenters. The van der Waals surface area contributed by atoms with Crippen LogP contribution in [0, 0.1) is 17.8 Å². The van der Waals surface area contributed by atoms with Gasteiger partial charge in [0.15, 0.2) is 0 Å². The molecule has 1 aliphatic heterocycles. The Morgan fingerprint density at radius 1 is 1.05 bits per heavy atom. The third-order valence-corrected chi connectivity index (χ3v) is 6.47. The number of nitrogens with zero attached hydrogens (tertiary/aromatic N) is 1. The molecule has 3 nitrogen and oxygen atoms in total. The first-order valence-electron chi connectivity index (χ1n) is 8.72. The van der Waals surface area contributed by atoms with Crippen molar-refractivity contribution in [3.8, 4) is 0 Å². The lowest BCUT2D eigenvalue weighted by Gasteiger charge is -2.57. The number of likely N-dealkylation sites (tertiary alicyclic amines) is 1. The van der Waals surface area contributed by atoms with Gasteiger partial charge in [-0.3, -0.25) is 0 Å². The van der Waals surface area contributed by atoms with Crippen LogP contribution >= 0.6 is 0 Å². The van der Waals surface area contributed by atoms with Gasteiger partial charge in [-0.25, -0.2) is 4.79 Å². The third-order valence-electron chi connectivity index (χ3n) is 6.47. The number of hydrogen-bond donors (Lipinski definition) is 1. The van der Waals surface area contributed by atoms with Crippen molar-refractivity contribution in [3.05, 3.63) is 0 Å². The van der Waals surface area contributed by atoms with Crippen molar-refractivity contribution in [3.63, 3.8) is 0 Å². The summed E-state index contributed by atoms with van der Waals surface area (Å²) in [5.41, 5.74) is 0.170. The fourth-order valence-electron chi connectivity index (χ4n) is 5.96.